The molecule has 0 spiro atoms. The second-order valence-corrected chi connectivity index (χ2v) is 11.5. The first-order valence-corrected chi connectivity index (χ1v) is 14.5. The Kier molecular flexibility index (Phi) is 9.57. The maximum absolute atomic E-state index is 13.3. The van der Waals surface area contributed by atoms with Crippen molar-refractivity contribution in [2.24, 2.45) is 5.10 Å². The molecular formula is C30H28BrN3O5S. The van der Waals surface area contributed by atoms with Crippen LogP contribution in [0.3, 0.4) is 0 Å². The number of carbonyl (C=O) groups excluding carboxylic acids is 1. The average Bonchev–Trinajstić information content (AvgIpc) is 2.97. The number of anilines is 1. The molecule has 4 aromatic carbocycles. The third-order valence-corrected chi connectivity index (χ3v) is 8.20. The zero-order valence-corrected chi connectivity index (χ0v) is 24.4. The second-order valence-electron chi connectivity index (χ2n) is 8.76. The Hall–Kier alpha value is -4.15. The number of nitrogens with one attached hydrogen (secondary N) is 1. The van der Waals surface area contributed by atoms with Gasteiger partial charge < -0.3 is 9.47 Å². The van der Waals surface area contributed by atoms with Crippen LogP contribution < -0.4 is 19.2 Å². The van der Waals surface area contributed by atoms with Gasteiger partial charge in [-0.05, 0) is 70.4 Å². The van der Waals surface area contributed by atoms with E-state index in [-0.39, 0.29) is 4.90 Å². The Morgan fingerprint density at radius 1 is 0.975 bits per heavy atom. The van der Waals surface area contributed by atoms with Crippen LogP contribution in [0.15, 0.2) is 112 Å². The molecule has 0 unspecified atom stereocenters. The molecule has 0 radical (unpaired) electrons. The number of nitrogens with zero attached hydrogens (tertiary/aromatic N) is 2. The summed E-state index contributed by atoms with van der Waals surface area (Å²) in [6.07, 6.45) is 1.44. The first-order chi connectivity index (χ1) is 19.3. The molecule has 0 fully saturated rings. The van der Waals surface area contributed by atoms with E-state index >= 15 is 0 Å². The number of hydrogen-bond acceptors (Lipinski definition) is 6. The van der Waals surface area contributed by atoms with Gasteiger partial charge >= 0.3 is 0 Å². The van der Waals surface area contributed by atoms with Crippen molar-refractivity contribution in [1.82, 2.24) is 5.43 Å². The van der Waals surface area contributed by atoms with E-state index in [4.69, 9.17) is 9.47 Å². The Morgan fingerprint density at radius 3 is 2.27 bits per heavy atom. The smallest absolute Gasteiger partial charge is 0.264 e. The maximum atomic E-state index is 13.3. The van der Waals surface area contributed by atoms with Crippen LogP contribution in [0.4, 0.5) is 5.69 Å². The van der Waals surface area contributed by atoms with Gasteiger partial charge in [-0.1, -0.05) is 66.2 Å². The second kappa shape index (κ2) is 13.3. The quantitative estimate of drug-likeness (QED) is 0.171. The fourth-order valence-electron chi connectivity index (χ4n) is 3.77. The summed E-state index contributed by atoms with van der Waals surface area (Å²) in [4.78, 5) is 12.9. The van der Waals surface area contributed by atoms with Crippen molar-refractivity contribution in [2.45, 2.75) is 18.4 Å². The van der Waals surface area contributed by atoms with E-state index in [1.54, 1.807) is 60.7 Å². The minimum Gasteiger partial charge on any atom is -0.493 e. The summed E-state index contributed by atoms with van der Waals surface area (Å²) in [6.45, 7) is 1.93. The Balaban J connectivity index is 1.46. The van der Waals surface area contributed by atoms with Gasteiger partial charge in [-0.15, -0.1) is 0 Å². The Morgan fingerprint density at radius 2 is 1.62 bits per heavy atom. The van der Waals surface area contributed by atoms with E-state index in [2.05, 4.69) is 26.5 Å². The Labute approximate surface area is 242 Å². The molecule has 0 aliphatic heterocycles. The summed E-state index contributed by atoms with van der Waals surface area (Å²) in [5.74, 6) is 0.413. The lowest BCUT2D eigenvalue weighted by Gasteiger charge is -2.23. The fraction of sp³-hybridized carbons (Fsp3) is 0.133. The molecule has 1 amide bonds. The molecule has 10 heteroatoms. The average molecular weight is 623 g/mol. The molecule has 0 saturated heterocycles. The topological polar surface area (TPSA) is 97.3 Å². The molecule has 0 saturated carbocycles. The van der Waals surface area contributed by atoms with Gasteiger partial charge in [0.15, 0.2) is 11.5 Å². The number of hydrazone groups is 1. The standard InChI is InChI=1S/C30H28BrN3O5S/c1-22-13-15-23(16-14-22)21-39-30-27(31)17-24(18-28(30)38-2)19-32-33-29(35)20-34(25-9-5-3-6-10-25)40(36,37)26-11-7-4-8-12-26/h3-19H,20-21H2,1-2H3,(H,33,35)/b32-19-. The van der Waals surface area contributed by atoms with Crippen molar-refractivity contribution in [3.8, 4) is 11.5 Å². The number of ether oxygens (including phenoxy) is 2. The number of halogens is 1. The lowest BCUT2D eigenvalue weighted by molar-refractivity contribution is -0.119. The third kappa shape index (κ3) is 7.28. The van der Waals surface area contributed by atoms with Gasteiger partial charge in [0.1, 0.15) is 13.2 Å². The van der Waals surface area contributed by atoms with Gasteiger partial charge in [-0.3, -0.25) is 9.10 Å². The molecule has 0 aliphatic rings. The largest absolute Gasteiger partial charge is 0.493 e. The van der Waals surface area contributed by atoms with Gasteiger partial charge in [0.2, 0.25) is 0 Å². The van der Waals surface area contributed by atoms with Gasteiger partial charge in [-0.25, -0.2) is 13.8 Å². The summed E-state index contributed by atoms with van der Waals surface area (Å²) in [5, 5.41) is 4.03. The van der Waals surface area contributed by atoms with Crippen LogP contribution in [0.1, 0.15) is 16.7 Å². The number of para-hydroxylation sites is 1. The number of rotatable bonds is 11. The van der Waals surface area contributed by atoms with Gasteiger partial charge in [0.05, 0.1) is 28.4 Å². The van der Waals surface area contributed by atoms with Crippen molar-refractivity contribution < 1.29 is 22.7 Å². The lowest BCUT2D eigenvalue weighted by atomic mass is 10.2. The summed E-state index contributed by atoms with van der Waals surface area (Å²) in [6, 6.07) is 28.0. The van der Waals surface area contributed by atoms with E-state index < -0.39 is 22.5 Å². The van der Waals surface area contributed by atoms with E-state index in [0.717, 1.165) is 9.87 Å². The van der Waals surface area contributed by atoms with Crippen LogP contribution >= 0.6 is 15.9 Å². The highest BCUT2D eigenvalue weighted by Gasteiger charge is 2.26. The van der Waals surface area contributed by atoms with Crippen LogP contribution in [0, 0.1) is 6.92 Å². The number of aryl methyl sites for hydroxylation is 1. The molecule has 4 aromatic rings. The highest BCUT2D eigenvalue weighted by molar-refractivity contribution is 9.10. The molecule has 0 aromatic heterocycles. The number of methoxy groups -OCH3 is 1. The van der Waals surface area contributed by atoms with E-state index in [1.165, 1.54) is 31.0 Å². The van der Waals surface area contributed by atoms with Crippen molar-refractivity contribution in [2.75, 3.05) is 18.0 Å². The molecule has 0 atom stereocenters. The van der Waals surface area contributed by atoms with Crippen LogP contribution in [0.2, 0.25) is 0 Å². The fourth-order valence-corrected chi connectivity index (χ4v) is 5.78. The number of sulfonamides is 1. The van der Waals surface area contributed by atoms with Crippen molar-refractivity contribution in [3.05, 3.63) is 118 Å². The zero-order valence-electron chi connectivity index (χ0n) is 22.0. The highest BCUT2D eigenvalue weighted by Crippen LogP contribution is 2.37. The molecule has 1 N–H and O–H groups in total. The minimum atomic E-state index is -3.99. The van der Waals surface area contributed by atoms with Gasteiger partial charge in [-0.2, -0.15) is 5.10 Å². The molecule has 0 aliphatic carbocycles. The molecule has 8 nitrogen and oxygen atoms in total. The van der Waals surface area contributed by atoms with Crippen molar-refractivity contribution >= 4 is 43.8 Å². The molecule has 206 valence electrons. The molecule has 40 heavy (non-hydrogen) atoms. The normalized spacial score (nSPS) is 11.3. The van der Waals surface area contributed by atoms with Crippen LogP contribution in [-0.4, -0.2) is 34.2 Å². The number of amides is 1. The SMILES string of the molecule is COc1cc(/C=N\NC(=O)CN(c2ccccc2)S(=O)(=O)c2ccccc2)cc(Br)c1OCc1ccc(C)cc1. The van der Waals surface area contributed by atoms with Crippen LogP contribution in [-0.2, 0) is 21.4 Å². The highest BCUT2D eigenvalue weighted by atomic mass is 79.9. The summed E-state index contributed by atoms with van der Waals surface area (Å²) < 4.78 is 39.9. The number of carbonyl (C=O) groups is 1. The predicted molar refractivity (Wildman–Crippen MR) is 159 cm³/mol. The lowest BCUT2D eigenvalue weighted by Crippen LogP contribution is -2.39. The first-order valence-electron chi connectivity index (χ1n) is 12.3. The van der Waals surface area contributed by atoms with Gasteiger partial charge in [0.25, 0.3) is 15.9 Å². The minimum absolute atomic E-state index is 0.0804. The number of benzene rings is 4. The third-order valence-electron chi connectivity index (χ3n) is 5.82. The molecular weight excluding hydrogens is 594 g/mol. The monoisotopic (exact) mass is 621 g/mol. The summed E-state index contributed by atoms with van der Waals surface area (Å²) >= 11 is 3.52. The predicted octanol–water partition coefficient (Wildman–Crippen LogP) is 5.69. The molecule has 4 rings (SSSR count). The van der Waals surface area contributed by atoms with E-state index in [0.29, 0.717) is 33.8 Å². The zero-order chi connectivity index (χ0) is 28.5. The van der Waals surface area contributed by atoms with E-state index in [9.17, 15) is 13.2 Å². The Bertz CT molecular complexity index is 1580. The summed E-state index contributed by atoms with van der Waals surface area (Å²) in [7, 11) is -2.45. The van der Waals surface area contributed by atoms with Crippen LogP contribution in [0.25, 0.3) is 0 Å². The van der Waals surface area contributed by atoms with Crippen molar-refractivity contribution in [1.29, 1.82) is 0 Å². The first kappa shape index (κ1) is 28.8. The number of hydrogen-bond donors (Lipinski definition) is 1. The van der Waals surface area contributed by atoms with Crippen LogP contribution in [0.5, 0.6) is 11.5 Å². The van der Waals surface area contributed by atoms with E-state index in [1.807, 2.05) is 31.2 Å². The molecule has 0 heterocycles. The van der Waals surface area contributed by atoms with Crippen molar-refractivity contribution in [3.63, 3.8) is 0 Å². The maximum Gasteiger partial charge on any atom is 0.264 e. The van der Waals surface area contributed by atoms with Gasteiger partial charge in [0, 0.05) is 0 Å². The molecule has 0 bridgehead atoms. The summed E-state index contributed by atoms with van der Waals surface area (Å²) in [5.41, 5.74) is 5.59.